The van der Waals surface area contributed by atoms with Crippen molar-refractivity contribution in [2.45, 2.75) is 38.2 Å². The Labute approximate surface area is 158 Å². The molecular weight excluding hydrogens is 353 g/mol. The summed E-state index contributed by atoms with van der Waals surface area (Å²) >= 11 is 0. The Morgan fingerprint density at radius 2 is 2.04 bits per heavy atom. The summed E-state index contributed by atoms with van der Waals surface area (Å²) in [5, 5.41) is 9.30. The third-order valence-electron chi connectivity index (χ3n) is 5.41. The molecule has 2 saturated heterocycles. The second-order valence-corrected chi connectivity index (χ2v) is 7.20. The van der Waals surface area contributed by atoms with E-state index < -0.39 is 11.9 Å². The number of halogens is 1. The van der Waals surface area contributed by atoms with Gasteiger partial charge in [-0.05, 0) is 43.7 Å². The molecule has 1 unspecified atom stereocenters. The number of carbonyl (C=O) groups excluding carboxylic acids is 1. The lowest BCUT2D eigenvalue weighted by atomic mass is 9.84. The summed E-state index contributed by atoms with van der Waals surface area (Å²) < 4.78 is 24.2. The summed E-state index contributed by atoms with van der Waals surface area (Å²) in [6.07, 6.45) is 2.86. The molecule has 1 amide bonds. The van der Waals surface area contributed by atoms with Crippen LogP contribution in [0.4, 0.5) is 4.39 Å². The van der Waals surface area contributed by atoms with Gasteiger partial charge in [0.2, 0.25) is 5.91 Å². The molecule has 0 aromatic heterocycles. The number of carboxylic acid groups (broad SMARTS) is 1. The van der Waals surface area contributed by atoms with Crippen molar-refractivity contribution in [3.8, 4) is 5.75 Å². The van der Waals surface area contributed by atoms with Crippen molar-refractivity contribution in [2.75, 3.05) is 26.3 Å². The zero-order valence-electron chi connectivity index (χ0n) is 15.3. The number of benzene rings is 1. The van der Waals surface area contributed by atoms with Crippen LogP contribution in [-0.2, 0) is 14.3 Å². The molecule has 0 aliphatic carbocycles. The maximum absolute atomic E-state index is 13.1. The highest BCUT2D eigenvalue weighted by Crippen LogP contribution is 2.33. The largest absolute Gasteiger partial charge is 0.493 e. The minimum absolute atomic E-state index is 0.0819. The molecule has 2 fully saturated rings. The van der Waals surface area contributed by atoms with Crippen LogP contribution in [0.1, 0.15) is 32.1 Å². The van der Waals surface area contributed by atoms with Gasteiger partial charge in [-0.15, -0.1) is 0 Å². The minimum Gasteiger partial charge on any atom is -0.493 e. The van der Waals surface area contributed by atoms with Gasteiger partial charge in [-0.1, -0.05) is 6.07 Å². The van der Waals surface area contributed by atoms with Crippen LogP contribution in [0.25, 0.3) is 0 Å². The highest BCUT2D eigenvalue weighted by atomic mass is 19.1. The summed E-state index contributed by atoms with van der Waals surface area (Å²) in [6.45, 7) is 2.15. The molecule has 3 rings (SSSR count). The molecule has 148 valence electrons. The molecule has 27 heavy (non-hydrogen) atoms. The van der Waals surface area contributed by atoms with Gasteiger partial charge in [0.15, 0.2) is 0 Å². The lowest BCUT2D eigenvalue weighted by Crippen LogP contribution is -2.43. The van der Waals surface area contributed by atoms with Crippen LogP contribution < -0.4 is 4.74 Å². The van der Waals surface area contributed by atoms with Gasteiger partial charge in [-0.3, -0.25) is 9.59 Å². The molecule has 2 aliphatic heterocycles. The Balaban J connectivity index is 1.36. The van der Waals surface area contributed by atoms with Crippen molar-refractivity contribution in [2.24, 2.45) is 11.8 Å². The number of carbonyl (C=O) groups is 2. The van der Waals surface area contributed by atoms with E-state index >= 15 is 0 Å². The number of rotatable bonds is 7. The number of hydrogen-bond donors (Lipinski definition) is 1. The Morgan fingerprint density at radius 3 is 2.74 bits per heavy atom. The molecule has 0 bridgehead atoms. The van der Waals surface area contributed by atoms with Crippen LogP contribution in [-0.4, -0.2) is 54.3 Å². The quantitative estimate of drug-likeness (QED) is 0.737. The number of aliphatic carboxylic acids is 1. The summed E-state index contributed by atoms with van der Waals surface area (Å²) in [4.78, 5) is 25.5. The first kappa shape index (κ1) is 19.6. The first-order valence-corrected chi connectivity index (χ1v) is 9.55. The van der Waals surface area contributed by atoms with Gasteiger partial charge in [0.1, 0.15) is 11.6 Å². The molecule has 1 aromatic carbocycles. The minimum atomic E-state index is -0.783. The number of amides is 1. The predicted molar refractivity (Wildman–Crippen MR) is 95.9 cm³/mol. The summed E-state index contributed by atoms with van der Waals surface area (Å²) in [6, 6.07) is 5.95. The molecule has 7 heteroatoms. The molecule has 6 nitrogen and oxygen atoms in total. The average molecular weight is 379 g/mol. The van der Waals surface area contributed by atoms with Gasteiger partial charge >= 0.3 is 5.97 Å². The third kappa shape index (κ3) is 5.19. The standard InChI is InChI=1S/C20H26FNO5/c21-15-3-1-4-16(13-15)26-11-2-5-18(23)22-9-6-14(7-10-22)19-17(20(24)25)8-12-27-19/h1,3-4,13-14,17,19H,2,5-12H2,(H,24,25)/t17?,19-/m0/s1. The number of ether oxygens (including phenoxy) is 2. The molecule has 0 radical (unpaired) electrons. The van der Waals surface area contributed by atoms with Crippen molar-refractivity contribution in [1.29, 1.82) is 0 Å². The van der Waals surface area contributed by atoms with Crippen LogP contribution >= 0.6 is 0 Å². The number of nitrogens with zero attached hydrogens (tertiary/aromatic N) is 1. The number of carboxylic acids is 1. The van der Waals surface area contributed by atoms with E-state index in [4.69, 9.17) is 9.47 Å². The first-order chi connectivity index (χ1) is 13.0. The van der Waals surface area contributed by atoms with Gasteiger partial charge in [0.05, 0.1) is 18.6 Å². The fourth-order valence-corrected chi connectivity index (χ4v) is 3.95. The molecule has 0 saturated carbocycles. The van der Waals surface area contributed by atoms with Gasteiger partial charge in [-0.25, -0.2) is 4.39 Å². The fourth-order valence-electron chi connectivity index (χ4n) is 3.95. The predicted octanol–water partition coefficient (Wildman–Crippen LogP) is 2.71. The molecule has 0 spiro atoms. The van der Waals surface area contributed by atoms with Gasteiger partial charge in [0, 0.05) is 32.2 Å². The Kier molecular flexibility index (Phi) is 6.66. The van der Waals surface area contributed by atoms with E-state index in [9.17, 15) is 19.1 Å². The lowest BCUT2D eigenvalue weighted by molar-refractivity contribution is -0.146. The van der Waals surface area contributed by atoms with Crippen LogP contribution in [0, 0.1) is 17.7 Å². The fraction of sp³-hybridized carbons (Fsp3) is 0.600. The monoisotopic (exact) mass is 379 g/mol. The van der Waals surface area contributed by atoms with Gasteiger partial charge < -0.3 is 19.5 Å². The molecule has 1 N–H and O–H groups in total. The topological polar surface area (TPSA) is 76.1 Å². The maximum atomic E-state index is 13.1. The highest BCUT2D eigenvalue weighted by Gasteiger charge is 2.40. The van der Waals surface area contributed by atoms with E-state index in [0.717, 1.165) is 12.8 Å². The SMILES string of the molecule is O=C(O)C1CCO[C@H]1C1CCN(C(=O)CCCOc2cccc(F)c2)CC1. The first-order valence-electron chi connectivity index (χ1n) is 9.55. The molecule has 2 aliphatic rings. The Hall–Kier alpha value is -2.15. The van der Waals surface area contributed by atoms with Gasteiger partial charge in [-0.2, -0.15) is 0 Å². The number of likely N-dealkylation sites (tertiary alicyclic amines) is 1. The normalized spacial score (nSPS) is 23.4. The molecule has 2 heterocycles. The summed E-state index contributed by atoms with van der Waals surface area (Å²) in [7, 11) is 0. The van der Waals surface area contributed by atoms with Gasteiger partial charge in [0.25, 0.3) is 0 Å². The maximum Gasteiger partial charge on any atom is 0.309 e. The second-order valence-electron chi connectivity index (χ2n) is 7.20. The van der Waals surface area contributed by atoms with E-state index in [1.165, 1.54) is 12.1 Å². The number of piperidine rings is 1. The van der Waals surface area contributed by atoms with Crippen LogP contribution in [0.5, 0.6) is 5.75 Å². The van der Waals surface area contributed by atoms with E-state index in [0.29, 0.717) is 51.3 Å². The van der Waals surface area contributed by atoms with Crippen molar-refractivity contribution in [3.63, 3.8) is 0 Å². The van der Waals surface area contributed by atoms with Crippen LogP contribution in [0.3, 0.4) is 0 Å². The van der Waals surface area contributed by atoms with Crippen LogP contribution in [0.2, 0.25) is 0 Å². The van der Waals surface area contributed by atoms with Crippen molar-refractivity contribution in [1.82, 2.24) is 4.90 Å². The zero-order valence-corrected chi connectivity index (χ0v) is 15.3. The lowest BCUT2D eigenvalue weighted by Gasteiger charge is -2.35. The van der Waals surface area contributed by atoms with E-state index in [-0.39, 0.29) is 23.7 Å². The molecule has 1 aromatic rings. The third-order valence-corrected chi connectivity index (χ3v) is 5.41. The zero-order chi connectivity index (χ0) is 19.2. The summed E-state index contributed by atoms with van der Waals surface area (Å²) in [5.74, 6) is -0.797. The van der Waals surface area contributed by atoms with E-state index in [2.05, 4.69) is 0 Å². The smallest absolute Gasteiger partial charge is 0.309 e. The Morgan fingerprint density at radius 1 is 1.26 bits per heavy atom. The van der Waals surface area contributed by atoms with Crippen molar-refractivity contribution < 1.29 is 28.6 Å². The average Bonchev–Trinajstić information content (AvgIpc) is 3.15. The molecule has 2 atom stereocenters. The highest BCUT2D eigenvalue weighted by molar-refractivity contribution is 5.76. The van der Waals surface area contributed by atoms with Crippen molar-refractivity contribution >= 4 is 11.9 Å². The van der Waals surface area contributed by atoms with E-state index in [1.54, 1.807) is 12.1 Å². The van der Waals surface area contributed by atoms with Crippen LogP contribution in [0.15, 0.2) is 24.3 Å². The second kappa shape index (κ2) is 9.17. The summed E-state index contributed by atoms with van der Waals surface area (Å²) in [5.41, 5.74) is 0. The van der Waals surface area contributed by atoms with E-state index in [1.807, 2.05) is 4.90 Å². The van der Waals surface area contributed by atoms with Crippen molar-refractivity contribution in [3.05, 3.63) is 30.1 Å². The number of hydrogen-bond acceptors (Lipinski definition) is 4. The molecular formula is C20H26FNO5. The Bertz CT molecular complexity index is 660.